The highest BCUT2D eigenvalue weighted by molar-refractivity contribution is 7.89. The van der Waals surface area contributed by atoms with Gasteiger partial charge in [0.05, 0.1) is 5.75 Å². The predicted octanol–water partition coefficient (Wildman–Crippen LogP) is -0.0984. The molecule has 1 heterocycles. The number of nitrogens with one attached hydrogen (secondary N) is 1. The van der Waals surface area contributed by atoms with Crippen LogP contribution in [0.5, 0.6) is 0 Å². The highest BCUT2D eigenvalue weighted by Gasteiger charge is 2.27. The average Bonchev–Trinajstić information content (AvgIpc) is 2.39. The Kier molecular flexibility index (Phi) is 6.22. The summed E-state index contributed by atoms with van der Waals surface area (Å²) in [4.78, 5) is 11.7. The van der Waals surface area contributed by atoms with Crippen molar-refractivity contribution >= 4 is 15.9 Å². The van der Waals surface area contributed by atoms with Crippen molar-refractivity contribution in [3.8, 4) is 0 Å². The molecule has 1 amide bonds. The van der Waals surface area contributed by atoms with Crippen LogP contribution in [0.4, 0.5) is 0 Å². The summed E-state index contributed by atoms with van der Waals surface area (Å²) in [6, 6.07) is 0.0841. The van der Waals surface area contributed by atoms with Crippen LogP contribution in [0.3, 0.4) is 0 Å². The van der Waals surface area contributed by atoms with Gasteiger partial charge in [0.25, 0.3) is 0 Å². The zero-order valence-corrected chi connectivity index (χ0v) is 12.6. The quantitative estimate of drug-likeness (QED) is 0.715. The van der Waals surface area contributed by atoms with Crippen LogP contribution in [0.15, 0.2) is 0 Å². The molecule has 1 fully saturated rings. The monoisotopic (exact) mass is 291 g/mol. The molecule has 0 aromatic rings. The minimum Gasteiger partial charge on any atom is -0.353 e. The van der Waals surface area contributed by atoms with Gasteiger partial charge in [-0.1, -0.05) is 6.92 Å². The first kappa shape index (κ1) is 16.4. The maximum Gasteiger partial charge on any atom is 0.220 e. The van der Waals surface area contributed by atoms with Crippen molar-refractivity contribution in [2.75, 3.05) is 25.4 Å². The van der Waals surface area contributed by atoms with Gasteiger partial charge in [-0.05, 0) is 32.2 Å². The second-order valence-corrected chi connectivity index (χ2v) is 7.44. The Hall–Kier alpha value is -0.660. The maximum atomic E-state index is 11.7. The molecular formula is C12H25N3O3S. The number of nitrogens with zero attached hydrogens (tertiary/aromatic N) is 1. The van der Waals surface area contributed by atoms with Crippen LogP contribution in [0, 0.1) is 5.92 Å². The van der Waals surface area contributed by atoms with Crippen LogP contribution >= 0.6 is 0 Å². The smallest absolute Gasteiger partial charge is 0.220 e. The summed E-state index contributed by atoms with van der Waals surface area (Å²) in [5, 5.41) is 2.96. The van der Waals surface area contributed by atoms with Gasteiger partial charge in [-0.25, -0.2) is 12.7 Å². The van der Waals surface area contributed by atoms with Crippen molar-refractivity contribution in [3.63, 3.8) is 0 Å². The highest BCUT2D eigenvalue weighted by atomic mass is 32.2. The number of rotatable bonds is 6. The van der Waals surface area contributed by atoms with E-state index in [1.54, 1.807) is 6.92 Å². The van der Waals surface area contributed by atoms with Crippen molar-refractivity contribution in [2.45, 2.75) is 39.2 Å². The molecule has 3 N–H and O–H groups in total. The normalized spacial score (nSPS) is 20.2. The Labute approximate surface area is 115 Å². The number of carbonyl (C=O) groups excluding carboxylic acids is 1. The Morgan fingerprint density at radius 2 is 2.00 bits per heavy atom. The summed E-state index contributed by atoms with van der Waals surface area (Å²) in [7, 11) is -3.09. The first-order valence-corrected chi connectivity index (χ1v) is 8.47. The number of carbonyl (C=O) groups is 1. The van der Waals surface area contributed by atoms with Gasteiger partial charge in [0.1, 0.15) is 0 Å². The van der Waals surface area contributed by atoms with Crippen molar-refractivity contribution in [2.24, 2.45) is 11.7 Å². The molecule has 0 aromatic carbocycles. The number of sulfonamides is 1. The third kappa shape index (κ3) is 5.08. The van der Waals surface area contributed by atoms with Crippen LogP contribution in [0.2, 0.25) is 0 Å². The largest absolute Gasteiger partial charge is 0.353 e. The second-order valence-electron chi connectivity index (χ2n) is 5.19. The summed E-state index contributed by atoms with van der Waals surface area (Å²) >= 11 is 0. The van der Waals surface area contributed by atoms with E-state index in [0.29, 0.717) is 38.9 Å². The second kappa shape index (κ2) is 7.21. The van der Waals surface area contributed by atoms with Gasteiger partial charge in [0.2, 0.25) is 15.9 Å². The van der Waals surface area contributed by atoms with E-state index in [-0.39, 0.29) is 23.6 Å². The lowest BCUT2D eigenvalue weighted by atomic mass is 10.0. The molecule has 6 nitrogen and oxygen atoms in total. The minimum absolute atomic E-state index is 0.00903. The molecule has 7 heteroatoms. The van der Waals surface area contributed by atoms with E-state index in [1.807, 2.05) is 6.92 Å². The Bertz CT molecular complexity index is 389. The molecule has 0 radical (unpaired) electrons. The molecule has 112 valence electrons. The summed E-state index contributed by atoms with van der Waals surface area (Å²) < 4.78 is 24.9. The van der Waals surface area contributed by atoms with E-state index >= 15 is 0 Å². The van der Waals surface area contributed by atoms with E-state index in [4.69, 9.17) is 5.73 Å². The molecule has 1 atom stereocenters. The van der Waals surface area contributed by atoms with Crippen molar-refractivity contribution in [1.82, 2.24) is 9.62 Å². The Morgan fingerprint density at radius 3 is 2.47 bits per heavy atom. The van der Waals surface area contributed by atoms with Crippen molar-refractivity contribution < 1.29 is 13.2 Å². The van der Waals surface area contributed by atoms with E-state index in [2.05, 4.69) is 5.32 Å². The summed E-state index contributed by atoms with van der Waals surface area (Å²) in [5.41, 5.74) is 5.48. The fourth-order valence-corrected chi connectivity index (χ4v) is 3.28. The molecule has 1 rings (SSSR count). The average molecular weight is 291 g/mol. The Morgan fingerprint density at radius 1 is 1.42 bits per heavy atom. The molecule has 1 aliphatic rings. The number of amides is 1. The zero-order chi connectivity index (χ0) is 14.5. The highest BCUT2D eigenvalue weighted by Crippen LogP contribution is 2.14. The molecule has 0 bridgehead atoms. The first-order valence-electron chi connectivity index (χ1n) is 6.86. The van der Waals surface area contributed by atoms with E-state index < -0.39 is 10.0 Å². The summed E-state index contributed by atoms with van der Waals surface area (Å²) in [6.45, 7) is 5.08. The van der Waals surface area contributed by atoms with E-state index in [0.717, 1.165) is 0 Å². The lowest BCUT2D eigenvalue weighted by Gasteiger charge is -2.31. The van der Waals surface area contributed by atoms with Gasteiger partial charge in [0, 0.05) is 25.6 Å². The number of piperidine rings is 1. The van der Waals surface area contributed by atoms with Crippen molar-refractivity contribution in [3.05, 3.63) is 0 Å². The fraction of sp³-hybridized carbons (Fsp3) is 0.917. The summed E-state index contributed by atoms with van der Waals surface area (Å²) in [6.07, 6.45) is 1.80. The van der Waals surface area contributed by atoms with Gasteiger partial charge in [-0.2, -0.15) is 0 Å². The van der Waals surface area contributed by atoms with Gasteiger partial charge in [-0.3, -0.25) is 4.79 Å². The van der Waals surface area contributed by atoms with Crippen LogP contribution in [-0.4, -0.2) is 50.1 Å². The van der Waals surface area contributed by atoms with Crippen molar-refractivity contribution in [1.29, 1.82) is 0 Å². The first-order chi connectivity index (χ1) is 8.89. The SMILES string of the molecule is CCS(=O)(=O)N1CCC(NC(=O)CC(C)CN)CC1. The standard InChI is InChI=1S/C12H25N3O3S/c1-3-19(17,18)15-6-4-11(5-7-15)14-12(16)8-10(2)9-13/h10-11H,3-9,13H2,1-2H3,(H,14,16). The lowest BCUT2D eigenvalue weighted by molar-refractivity contribution is -0.122. The third-order valence-electron chi connectivity index (χ3n) is 3.51. The molecule has 19 heavy (non-hydrogen) atoms. The van der Waals surface area contributed by atoms with Gasteiger partial charge < -0.3 is 11.1 Å². The number of hydrogen-bond donors (Lipinski definition) is 2. The maximum absolute atomic E-state index is 11.7. The number of nitrogens with two attached hydrogens (primary N) is 1. The molecule has 0 aliphatic carbocycles. The molecule has 1 unspecified atom stereocenters. The van der Waals surface area contributed by atoms with E-state index in [1.165, 1.54) is 4.31 Å². The third-order valence-corrected chi connectivity index (χ3v) is 5.39. The molecule has 0 spiro atoms. The van der Waals surface area contributed by atoms with Gasteiger partial charge in [-0.15, -0.1) is 0 Å². The molecule has 0 aromatic heterocycles. The molecular weight excluding hydrogens is 266 g/mol. The Balaban J connectivity index is 2.36. The van der Waals surface area contributed by atoms with Crippen LogP contribution < -0.4 is 11.1 Å². The predicted molar refractivity (Wildman–Crippen MR) is 75.0 cm³/mol. The molecule has 1 aliphatic heterocycles. The molecule has 1 saturated heterocycles. The summed E-state index contributed by atoms with van der Waals surface area (Å²) in [5.74, 6) is 0.327. The fourth-order valence-electron chi connectivity index (χ4n) is 2.15. The van der Waals surface area contributed by atoms with Crippen LogP contribution in [-0.2, 0) is 14.8 Å². The van der Waals surface area contributed by atoms with E-state index in [9.17, 15) is 13.2 Å². The van der Waals surface area contributed by atoms with Gasteiger partial charge >= 0.3 is 0 Å². The zero-order valence-electron chi connectivity index (χ0n) is 11.8. The van der Waals surface area contributed by atoms with Crippen LogP contribution in [0.25, 0.3) is 0 Å². The minimum atomic E-state index is -3.09. The molecule has 0 saturated carbocycles. The van der Waals surface area contributed by atoms with Gasteiger partial charge in [0.15, 0.2) is 0 Å². The van der Waals surface area contributed by atoms with Crippen LogP contribution in [0.1, 0.15) is 33.1 Å². The lowest BCUT2D eigenvalue weighted by Crippen LogP contribution is -2.47. The number of hydrogen-bond acceptors (Lipinski definition) is 4. The topological polar surface area (TPSA) is 92.5 Å².